The number of benzene rings is 1. The maximum absolute atomic E-state index is 11.6. The Labute approximate surface area is 126 Å². The highest BCUT2D eigenvalue weighted by Crippen LogP contribution is 2.07. The van der Waals surface area contributed by atoms with Gasteiger partial charge in [-0.2, -0.15) is 0 Å². The minimum absolute atomic E-state index is 0.0866. The number of ether oxygens (including phenoxy) is 1. The Balaban J connectivity index is 2.29. The molecule has 0 saturated carbocycles. The van der Waals surface area contributed by atoms with Gasteiger partial charge in [0.25, 0.3) is 5.91 Å². The number of carbonyl (C=O) groups excluding carboxylic acids is 1. The van der Waals surface area contributed by atoms with Crippen molar-refractivity contribution < 1.29 is 17.9 Å². The summed E-state index contributed by atoms with van der Waals surface area (Å²) in [5.74, 6) is 0.347. The van der Waals surface area contributed by atoms with Gasteiger partial charge in [-0.15, -0.1) is 0 Å². The van der Waals surface area contributed by atoms with Crippen LogP contribution in [0, 0.1) is 0 Å². The molecule has 0 atom stereocenters. The summed E-state index contributed by atoms with van der Waals surface area (Å²) >= 11 is 0. The van der Waals surface area contributed by atoms with Crippen LogP contribution in [-0.4, -0.2) is 51.1 Å². The Kier molecular flexibility index (Phi) is 7.18. The van der Waals surface area contributed by atoms with Crippen molar-refractivity contribution in [2.75, 3.05) is 32.5 Å². The van der Waals surface area contributed by atoms with Crippen LogP contribution >= 0.6 is 0 Å². The van der Waals surface area contributed by atoms with Crippen LogP contribution in [0.2, 0.25) is 0 Å². The third-order valence-electron chi connectivity index (χ3n) is 2.74. The first-order valence-corrected chi connectivity index (χ1v) is 8.68. The van der Waals surface area contributed by atoms with Crippen molar-refractivity contribution in [3.05, 3.63) is 30.3 Å². The highest BCUT2D eigenvalue weighted by molar-refractivity contribution is 7.88. The highest BCUT2D eigenvalue weighted by Gasteiger charge is 2.15. The van der Waals surface area contributed by atoms with E-state index in [9.17, 15) is 13.2 Å². The summed E-state index contributed by atoms with van der Waals surface area (Å²) in [7, 11) is -3.23. The van der Waals surface area contributed by atoms with E-state index in [0.29, 0.717) is 12.3 Å². The molecule has 0 fully saturated rings. The maximum atomic E-state index is 11.6. The summed E-state index contributed by atoms with van der Waals surface area (Å²) in [5.41, 5.74) is 0. The van der Waals surface area contributed by atoms with Crippen LogP contribution in [0.5, 0.6) is 5.75 Å². The number of carbonyl (C=O) groups is 1. The SMILES string of the molecule is CCCN(CCNC(=O)COc1ccccc1)S(C)(=O)=O. The van der Waals surface area contributed by atoms with Crippen LogP contribution in [0.1, 0.15) is 13.3 Å². The quantitative estimate of drug-likeness (QED) is 0.733. The van der Waals surface area contributed by atoms with Crippen molar-refractivity contribution in [1.82, 2.24) is 9.62 Å². The number of para-hydroxylation sites is 1. The van der Waals surface area contributed by atoms with Gasteiger partial charge in [0.15, 0.2) is 6.61 Å². The second-order valence-electron chi connectivity index (χ2n) is 4.61. The fraction of sp³-hybridized carbons (Fsp3) is 0.500. The van der Waals surface area contributed by atoms with Crippen LogP contribution < -0.4 is 10.1 Å². The van der Waals surface area contributed by atoms with Gasteiger partial charge >= 0.3 is 0 Å². The molecule has 0 saturated heterocycles. The Morgan fingerprint density at radius 1 is 1.24 bits per heavy atom. The summed E-state index contributed by atoms with van der Waals surface area (Å²) in [6.07, 6.45) is 1.90. The zero-order chi connectivity index (χ0) is 15.7. The molecule has 1 N–H and O–H groups in total. The molecule has 1 aromatic rings. The second-order valence-corrected chi connectivity index (χ2v) is 6.60. The largest absolute Gasteiger partial charge is 0.484 e. The van der Waals surface area contributed by atoms with Crippen LogP contribution in [0.25, 0.3) is 0 Å². The molecule has 21 heavy (non-hydrogen) atoms. The van der Waals surface area contributed by atoms with Gasteiger partial charge in [-0.25, -0.2) is 12.7 Å². The lowest BCUT2D eigenvalue weighted by Crippen LogP contribution is -2.39. The predicted octanol–water partition coefficient (Wildman–Crippen LogP) is 0.853. The van der Waals surface area contributed by atoms with Crippen molar-refractivity contribution in [3.63, 3.8) is 0 Å². The van der Waals surface area contributed by atoms with E-state index in [1.54, 1.807) is 12.1 Å². The van der Waals surface area contributed by atoms with E-state index in [-0.39, 0.29) is 25.6 Å². The lowest BCUT2D eigenvalue weighted by molar-refractivity contribution is -0.123. The molecule has 0 spiro atoms. The topological polar surface area (TPSA) is 75.7 Å². The molecular weight excluding hydrogens is 292 g/mol. The summed E-state index contributed by atoms with van der Waals surface area (Å²) in [6.45, 7) is 2.81. The molecule has 1 rings (SSSR count). The van der Waals surface area contributed by atoms with Gasteiger partial charge in [-0.05, 0) is 18.6 Å². The fourth-order valence-electron chi connectivity index (χ4n) is 1.73. The van der Waals surface area contributed by atoms with Gasteiger partial charge in [0.1, 0.15) is 5.75 Å². The average molecular weight is 314 g/mol. The molecular formula is C14H22N2O4S. The molecule has 0 heterocycles. The molecule has 0 aromatic heterocycles. The van der Waals surface area contributed by atoms with Crippen molar-refractivity contribution in [2.24, 2.45) is 0 Å². The van der Waals surface area contributed by atoms with E-state index < -0.39 is 10.0 Å². The van der Waals surface area contributed by atoms with E-state index in [1.165, 1.54) is 10.6 Å². The lowest BCUT2D eigenvalue weighted by atomic mass is 10.3. The predicted molar refractivity (Wildman–Crippen MR) is 81.7 cm³/mol. The third-order valence-corrected chi connectivity index (χ3v) is 4.04. The van der Waals surface area contributed by atoms with Crippen molar-refractivity contribution in [2.45, 2.75) is 13.3 Å². The number of hydrogen-bond acceptors (Lipinski definition) is 4. The number of sulfonamides is 1. The Bertz CT molecular complexity index is 531. The van der Waals surface area contributed by atoms with Gasteiger partial charge in [0.05, 0.1) is 6.26 Å². The lowest BCUT2D eigenvalue weighted by Gasteiger charge is -2.19. The zero-order valence-corrected chi connectivity index (χ0v) is 13.2. The summed E-state index contributed by atoms with van der Waals surface area (Å²) in [5, 5.41) is 2.64. The first kappa shape index (κ1) is 17.5. The van der Waals surface area contributed by atoms with Crippen LogP contribution in [0.3, 0.4) is 0 Å². The molecule has 1 aromatic carbocycles. The molecule has 0 aliphatic rings. The Hall–Kier alpha value is -1.60. The summed E-state index contributed by atoms with van der Waals surface area (Å²) < 4.78 is 29.6. The molecule has 1 amide bonds. The smallest absolute Gasteiger partial charge is 0.257 e. The standard InChI is InChI=1S/C14H22N2O4S/c1-3-10-16(21(2,18)19)11-9-15-14(17)12-20-13-7-5-4-6-8-13/h4-8H,3,9-12H2,1-2H3,(H,15,17). The number of rotatable bonds is 9. The third kappa shape index (κ3) is 7.10. The molecule has 7 heteroatoms. The maximum Gasteiger partial charge on any atom is 0.257 e. The molecule has 0 bridgehead atoms. The number of hydrogen-bond donors (Lipinski definition) is 1. The van der Waals surface area contributed by atoms with Crippen molar-refractivity contribution in [3.8, 4) is 5.75 Å². The van der Waals surface area contributed by atoms with Gasteiger partial charge in [0, 0.05) is 19.6 Å². The first-order chi connectivity index (χ1) is 9.93. The number of amides is 1. The Morgan fingerprint density at radius 2 is 1.90 bits per heavy atom. The van der Waals surface area contributed by atoms with Gasteiger partial charge < -0.3 is 10.1 Å². The average Bonchev–Trinajstić information content (AvgIpc) is 2.44. The minimum Gasteiger partial charge on any atom is -0.484 e. The van der Waals surface area contributed by atoms with E-state index in [0.717, 1.165) is 6.42 Å². The second kappa shape index (κ2) is 8.63. The minimum atomic E-state index is -3.23. The van der Waals surface area contributed by atoms with Gasteiger partial charge in [0.2, 0.25) is 10.0 Å². The van der Waals surface area contributed by atoms with Gasteiger partial charge in [-0.1, -0.05) is 25.1 Å². The van der Waals surface area contributed by atoms with E-state index in [4.69, 9.17) is 4.74 Å². The zero-order valence-electron chi connectivity index (χ0n) is 12.4. The Morgan fingerprint density at radius 3 is 2.48 bits per heavy atom. The number of nitrogens with zero attached hydrogens (tertiary/aromatic N) is 1. The van der Waals surface area contributed by atoms with Gasteiger partial charge in [-0.3, -0.25) is 4.79 Å². The fourth-order valence-corrected chi connectivity index (χ4v) is 2.67. The summed E-state index contributed by atoms with van der Waals surface area (Å²) in [6, 6.07) is 9.03. The van der Waals surface area contributed by atoms with E-state index in [1.807, 2.05) is 25.1 Å². The van der Waals surface area contributed by atoms with E-state index >= 15 is 0 Å². The normalized spacial score (nSPS) is 11.4. The van der Waals surface area contributed by atoms with Crippen LogP contribution in [0.15, 0.2) is 30.3 Å². The first-order valence-electron chi connectivity index (χ1n) is 6.83. The monoisotopic (exact) mass is 314 g/mol. The summed E-state index contributed by atoms with van der Waals surface area (Å²) in [4.78, 5) is 11.6. The van der Waals surface area contributed by atoms with Crippen LogP contribution in [-0.2, 0) is 14.8 Å². The van der Waals surface area contributed by atoms with E-state index in [2.05, 4.69) is 5.32 Å². The molecule has 118 valence electrons. The molecule has 0 unspecified atom stereocenters. The van der Waals surface area contributed by atoms with Crippen molar-refractivity contribution >= 4 is 15.9 Å². The molecule has 0 aliphatic carbocycles. The molecule has 0 aliphatic heterocycles. The number of nitrogens with one attached hydrogen (secondary N) is 1. The molecule has 6 nitrogen and oxygen atoms in total. The molecule has 0 radical (unpaired) electrons. The van der Waals surface area contributed by atoms with Crippen molar-refractivity contribution in [1.29, 1.82) is 0 Å². The highest BCUT2D eigenvalue weighted by atomic mass is 32.2. The van der Waals surface area contributed by atoms with Crippen LogP contribution in [0.4, 0.5) is 0 Å².